The molecule has 0 saturated carbocycles. The van der Waals surface area contributed by atoms with Crippen LogP contribution in [0.2, 0.25) is 5.02 Å². The van der Waals surface area contributed by atoms with Crippen molar-refractivity contribution < 1.29 is 24.5 Å². The van der Waals surface area contributed by atoms with E-state index >= 15 is 0 Å². The number of hydrogen-bond donors (Lipinski definition) is 2. The second kappa shape index (κ2) is 12.2. The molecule has 2 aliphatic heterocycles. The molecule has 2 aliphatic rings. The van der Waals surface area contributed by atoms with Crippen molar-refractivity contribution >= 4 is 35.0 Å². The monoisotopic (exact) mass is 563 g/mol. The number of ether oxygens (including phenoxy) is 1. The molecular weight excluding hydrogens is 530 g/mol. The van der Waals surface area contributed by atoms with E-state index in [2.05, 4.69) is 28.0 Å². The van der Waals surface area contributed by atoms with Crippen molar-refractivity contribution in [2.75, 3.05) is 56.2 Å². The van der Waals surface area contributed by atoms with Gasteiger partial charge in [-0.05, 0) is 84.0 Å². The molecular formula is C31H34ClN3O5. The molecule has 40 heavy (non-hydrogen) atoms. The van der Waals surface area contributed by atoms with E-state index in [9.17, 15) is 19.8 Å². The van der Waals surface area contributed by atoms with Crippen LogP contribution in [0.1, 0.15) is 34.9 Å². The molecule has 1 atom stereocenters. The predicted molar refractivity (Wildman–Crippen MR) is 156 cm³/mol. The van der Waals surface area contributed by atoms with Gasteiger partial charge in [0.05, 0.1) is 18.8 Å². The number of carbonyl (C=O) groups excluding carboxylic acids is 1. The van der Waals surface area contributed by atoms with Gasteiger partial charge in [0.15, 0.2) is 0 Å². The molecule has 0 bridgehead atoms. The Balaban J connectivity index is 1.34. The highest BCUT2D eigenvalue weighted by molar-refractivity contribution is 6.30. The predicted octanol–water partition coefficient (Wildman–Crippen LogP) is 5.54. The van der Waals surface area contributed by atoms with Crippen LogP contribution in [-0.2, 0) is 4.74 Å². The second-order valence-electron chi connectivity index (χ2n) is 10.3. The lowest BCUT2D eigenvalue weighted by Crippen LogP contribution is -2.48. The SMILES string of the molecule is COC(=O)c1ccc(N2CCC([C@H](O)c3cc(N4CCN(C(=O)O)CC4)ccc3-c3ccc(Cl)cc3)CC2)cc1. The number of carboxylic acid groups (broad SMARTS) is 1. The van der Waals surface area contributed by atoms with E-state index in [0.29, 0.717) is 36.8 Å². The number of halogens is 1. The van der Waals surface area contributed by atoms with E-state index in [0.717, 1.165) is 54.0 Å². The summed E-state index contributed by atoms with van der Waals surface area (Å²) >= 11 is 6.15. The first-order chi connectivity index (χ1) is 19.3. The molecule has 0 radical (unpaired) electrons. The highest BCUT2D eigenvalue weighted by Gasteiger charge is 2.29. The van der Waals surface area contributed by atoms with E-state index in [1.54, 1.807) is 12.1 Å². The number of esters is 1. The van der Waals surface area contributed by atoms with Crippen LogP contribution in [0.5, 0.6) is 0 Å². The molecule has 0 aromatic heterocycles. The lowest BCUT2D eigenvalue weighted by molar-refractivity contribution is 0.0600. The van der Waals surface area contributed by atoms with Crippen molar-refractivity contribution in [1.82, 2.24) is 4.90 Å². The number of piperazine rings is 1. The Bertz CT molecular complexity index is 1330. The summed E-state index contributed by atoms with van der Waals surface area (Å²) in [5, 5.41) is 21.7. The third-order valence-corrected chi connectivity index (χ3v) is 8.32. The molecule has 3 aromatic rings. The summed E-state index contributed by atoms with van der Waals surface area (Å²) in [6.45, 7) is 3.71. The van der Waals surface area contributed by atoms with Crippen LogP contribution in [0.3, 0.4) is 0 Å². The zero-order chi connectivity index (χ0) is 28.2. The molecule has 9 heteroatoms. The van der Waals surface area contributed by atoms with Gasteiger partial charge in [0.1, 0.15) is 0 Å². The summed E-state index contributed by atoms with van der Waals surface area (Å²) in [6.07, 6.45) is 0.0950. The number of amides is 1. The zero-order valence-electron chi connectivity index (χ0n) is 22.5. The van der Waals surface area contributed by atoms with Crippen LogP contribution in [0, 0.1) is 5.92 Å². The Morgan fingerprint density at radius 3 is 2.05 bits per heavy atom. The number of carbonyl (C=O) groups is 2. The fourth-order valence-electron chi connectivity index (χ4n) is 5.69. The van der Waals surface area contributed by atoms with Crippen LogP contribution >= 0.6 is 11.6 Å². The van der Waals surface area contributed by atoms with E-state index < -0.39 is 12.2 Å². The number of nitrogens with zero attached hydrogens (tertiary/aromatic N) is 3. The molecule has 5 rings (SSSR count). The van der Waals surface area contributed by atoms with E-state index in [4.69, 9.17) is 16.3 Å². The van der Waals surface area contributed by atoms with Gasteiger partial charge in [0.2, 0.25) is 0 Å². The zero-order valence-corrected chi connectivity index (χ0v) is 23.3. The van der Waals surface area contributed by atoms with E-state index in [1.165, 1.54) is 12.0 Å². The van der Waals surface area contributed by atoms with Crippen LogP contribution < -0.4 is 9.80 Å². The van der Waals surface area contributed by atoms with Gasteiger partial charge in [-0.3, -0.25) is 0 Å². The van der Waals surface area contributed by atoms with E-state index in [1.807, 2.05) is 36.4 Å². The molecule has 0 spiro atoms. The first kappa shape index (κ1) is 27.8. The van der Waals surface area contributed by atoms with Crippen molar-refractivity contribution in [3.8, 4) is 11.1 Å². The Hall–Kier alpha value is -3.75. The molecule has 1 amide bonds. The smallest absolute Gasteiger partial charge is 0.407 e. The number of piperidine rings is 1. The van der Waals surface area contributed by atoms with Crippen LogP contribution in [0.25, 0.3) is 11.1 Å². The Labute approximate surface area is 239 Å². The highest BCUT2D eigenvalue weighted by Crippen LogP contribution is 2.39. The summed E-state index contributed by atoms with van der Waals surface area (Å²) in [4.78, 5) is 29.0. The van der Waals surface area contributed by atoms with Gasteiger partial charge in [0.25, 0.3) is 0 Å². The van der Waals surface area contributed by atoms with Crippen molar-refractivity contribution in [1.29, 1.82) is 0 Å². The number of benzene rings is 3. The van der Waals surface area contributed by atoms with Gasteiger partial charge in [-0.2, -0.15) is 0 Å². The summed E-state index contributed by atoms with van der Waals surface area (Å²) in [7, 11) is 1.37. The summed E-state index contributed by atoms with van der Waals surface area (Å²) in [5.41, 5.74) is 5.39. The molecule has 0 aliphatic carbocycles. The molecule has 8 nitrogen and oxygen atoms in total. The molecule has 2 fully saturated rings. The quantitative estimate of drug-likeness (QED) is 0.380. The van der Waals surface area contributed by atoms with Gasteiger partial charge >= 0.3 is 12.1 Å². The largest absolute Gasteiger partial charge is 0.465 e. The van der Waals surface area contributed by atoms with E-state index in [-0.39, 0.29) is 11.9 Å². The Kier molecular flexibility index (Phi) is 8.47. The first-order valence-corrected chi connectivity index (χ1v) is 14.0. The minimum absolute atomic E-state index is 0.0794. The third kappa shape index (κ3) is 6.03. The maximum atomic E-state index is 11.8. The highest BCUT2D eigenvalue weighted by atomic mass is 35.5. The van der Waals surface area contributed by atoms with Crippen LogP contribution in [0.4, 0.5) is 16.2 Å². The number of methoxy groups -OCH3 is 1. The lowest BCUT2D eigenvalue weighted by atomic mass is 9.84. The van der Waals surface area contributed by atoms with Crippen molar-refractivity contribution in [2.24, 2.45) is 5.92 Å². The minimum atomic E-state index is -0.889. The Morgan fingerprint density at radius 1 is 0.850 bits per heavy atom. The average molecular weight is 564 g/mol. The maximum absolute atomic E-state index is 11.8. The first-order valence-electron chi connectivity index (χ1n) is 13.6. The number of anilines is 2. The molecule has 210 valence electrons. The van der Waals surface area contributed by atoms with Gasteiger partial charge < -0.3 is 29.6 Å². The average Bonchev–Trinajstić information content (AvgIpc) is 3.00. The normalized spacial score (nSPS) is 17.0. The summed E-state index contributed by atoms with van der Waals surface area (Å²) < 4.78 is 4.80. The van der Waals surface area contributed by atoms with Crippen molar-refractivity contribution in [3.63, 3.8) is 0 Å². The van der Waals surface area contributed by atoms with Gasteiger partial charge in [-0.15, -0.1) is 0 Å². The fourth-order valence-corrected chi connectivity index (χ4v) is 5.82. The molecule has 2 heterocycles. The van der Waals surface area contributed by atoms with Crippen LogP contribution in [-0.4, -0.2) is 73.6 Å². The van der Waals surface area contributed by atoms with Crippen molar-refractivity contribution in [2.45, 2.75) is 18.9 Å². The maximum Gasteiger partial charge on any atom is 0.407 e. The third-order valence-electron chi connectivity index (χ3n) is 8.06. The number of rotatable bonds is 6. The molecule has 2 saturated heterocycles. The standard InChI is InChI=1S/C31H34ClN3O5/c1-40-30(37)23-4-8-25(9-5-23)33-14-12-22(13-15-33)29(36)28-20-26(34-16-18-35(19-17-34)31(38)39)10-11-27(28)21-2-6-24(32)7-3-21/h2-11,20,22,29,36H,12-19H2,1H3,(H,38,39)/t29-/m0/s1. The Morgan fingerprint density at radius 2 is 1.45 bits per heavy atom. The van der Waals surface area contributed by atoms with Gasteiger partial charge in [-0.25, -0.2) is 9.59 Å². The van der Waals surface area contributed by atoms with Gasteiger partial charge in [-0.1, -0.05) is 29.8 Å². The molecule has 0 unspecified atom stereocenters. The minimum Gasteiger partial charge on any atom is -0.465 e. The van der Waals surface area contributed by atoms with Gasteiger partial charge in [0, 0.05) is 55.7 Å². The topological polar surface area (TPSA) is 93.5 Å². The second-order valence-corrected chi connectivity index (χ2v) is 10.8. The van der Waals surface area contributed by atoms with Crippen LogP contribution in [0.15, 0.2) is 66.7 Å². The fraction of sp³-hybridized carbons (Fsp3) is 0.355. The number of hydrogen-bond acceptors (Lipinski definition) is 6. The number of aliphatic hydroxyl groups is 1. The summed E-state index contributed by atoms with van der Waals surface area (Å²) in [5.74, 6) is -0.272. The van der Waals surface area contributed by atoms with Crippen molar-refractivity contribution in [3.05, 3.63) is 82.9 Å². The molecule has 3 aromatic carbocycles. The molecule has 2 N–H and O–H groups in total. The summed E-state index contributed by atoms with van der Waals surface area (Å²) in [6, 6.07) is 21.3. The lowest BCUT2D eigenvalue weighted by Gasteiger charge is -2.37. The number of aliphatic hydroxyl groups excluding tert-OH is 1.